The summed E-state index contributed by atoms with van der Waals surface area (Å²) in [4.78, 5) is 0. The molecule has 102 valence electrons. The number of aryl methyl sites for hydroxylation is 1. The van der Waals surface area contributed by atoms with Crippen LogP contribution in [0.2, 0.25) is 0 Å². The molecule has 0 spiro atoms. The molecular formula is C16H27NO. The molecule has 2 heteroatoms. The fourth-order valence-corrected chi connectivity index (χ4v) is 2.29. The Morgan fingerprint density at radius 2 is 1.94 bits per heavy atom. The molecule has 1 unspecified atom stereocenters. The maximum atomic E-state index is 9.18. The highest BCUT2D eigenvalue weighted by molar-refractivity contribution is 5.37. The van der Waals surface area contributed by atoms with E-state index in [9.17, 15) is 5.11 Å². The van der Waals surface area contributed by atoms with Gasteiger partial charge in [0.15, 0.2) is 0 Å². The van der Waals surface area contributed by atoms with E-state index in [1.807, 2.05) is 7.05 Å². The maximum absolute atomic E-state index is 9.18. The van der Waals surface area contributed by atoms with Gasteiger partial charge in [0.1, 0.15) is 0 Å². The number of nitrogens with one attached hydrogen (secondary N) is 1. The Hall–Kier alpha value is -0.860. The van der Waals surface area contributed by atoms with Gasteiger partial charge in [0.05, 0.1) is 0 Å². The van der Waals surface area contributed by atoms with Crippen molar-refractivity contribution in [2.24, 2.45) is 0 Å². The van der Waals surface area contributed by atoms with E-state index >= 15 is 0 Å². The average Bonchev–Trinajstić information content (AvgIpc) is 2.34. The molecule has 1 rings (SSSR count). The van der Waals surface area contributed by atoms with E-state index in [-0.39, 0.29) is 18.1 Å². The van der Waals surface area contributed by atoms with Gasteiger partial charge in [-0.3, -0.25) is 0 Å². The van der Waals surface area contributed by atoms with E-state index in [0.29, 0.717) is 0 Å². The quantitative estimate of drug-likeness (QED) is 0.840. The van der Waals surface area contributed by atoms with Crippen LogP contribution in [0.25, 0.3) is 0 Å². The van der Waals surface area contributed by atoms with Crippen LogP contribution in [-0.4, -0.2) is 18.8 Å². The topological polar surface area (TPSA) is 32.3 Å². The Kier molecular flexibility index (Phi) is 5.36. The van der Waals surface area contributed by atoms with Crippen LogP contribution in [0, 0.1) is 0 Å². The zero-order valence-electron chi connectivity index (χ0n) is 12.4. The van der Waals surface area contributed by atoms with Gasteiger partial charge in [0.2, 0.25) is 0 Å². The Bertz CT molecular complexity index is 379. The summed E-state index contributed by atoms with van der Waals surface area (Å²) < 4.78 is 0. The predicted molar refractivity (Wildman–Crippen MR) is 78.0 cm³/mol. The minimum atomic E-state index is 0.165. The molecule has 0 heterocycles. The van der Waals surface area contributed by atoms with Crippen LogP contribution in [-0.2, 0) is 11.8 Å². The van der Waals surface area contributed by atoms with Gasteiger partial charge in [-0.1, -0.05) is 45.9 Å². The zero-order valence-corrected chi connectivity index (χ0v) is 12.4. The van der Waals surface area contributed by atoms with Crippen molar-refractivity contribution in [3.05, 3.63) is 34.9 Å². The number of benzene rings is 1. The van der Waals surface area contributed by atoms with Crippen molar-refractivity contribution >= 4 is 0 Å². The first-order chi connectivity index (χ1) is 8.43. The third kappa shape index (κ3) is 3.56. The smallest absolute Gasteiger partial charge is 0.0449 e. The highest BCUT2D eigenvalue weighted by atomic mass is 16.3. The minimum absolute atomic E-state index is 0.165. The molecule has 1 aromatic rings. The van der Waals surface area contributed by atoms with E-state index in [1.165, 1.54) is 16.7 Å². The Morgan fingerprint density at radius 1 is 1.28 bits per heavy atom. The number of hydrogen-bond acceptors (Lipinski definition) is 2. The van der Waals surface area contributed by atoms with Crippen molar-refractivity contribution in [3.8, 4) is 0 Å². The van der Waals surface area contributed by atoms with E-state index < -0.39 is 0 Å². The maximum Gasteiger partial charge on any atom is 0.0449 e. The van der Waals surface area contributed by atoms with Gasteiger partial charge in [-0.05, 0) is 42.0 Å². The first-order valence-electron chi connectivity index (χ1n) is 6.85. The van der Waals surface area contributed by atoms with Gasteiger partial charge < -0.3 is 10.4 Å². The second-order valence-electron chi connectivity index (χ2n) is 5.87. The summed E-state index contributed by atoms with van der Waals surface area (Å²) in [5, 5.41) is 12.5. The fraction of sp³-hybridized carbons (Fsp3) is 0.625. The standard InChI is InChI=1S/C16H27NO/c1-6-12-7-8-13(16(2,3)4)11-14(12)15(17-5)9-10-18/h7-8,11,15,17-18H,6,9-10H2,1-5H3. The monoisotopic (exact) mass is 249 g/mol. The van der Waals surface area contributed by atoms with Gasteiger partial charge in [-0.25, -0.2) is 0 Å². The molecule has 0 saturated carbocycles. The van der Waals surface area contributed by atoms with Gasteiger partial charge in [0.25, 0.3) is 0 Å². The molecule has 1 atom stereocenters. The molecule has 2 nitrogen and oxygen atoms in total. The number of aliphatic hydroxyl groups is 1. The lowest BCUT2D eigenvalue weighted by Crippen LogP contribution is -2.21. The van der Waals surface area contributed by atoms with Crippen molar-refractivity contribution < 1.29 is 5.11 Å². The lowest BCUT2D eigenvalue weighted by atomic mass is 9.83. The summed E-state index contributed by atoms with van der Waals surface area (Å²) in [5.74, 6) is 0. The molecule has 2 N–H and O–H groups in total. The lowest BCUT2D eigenvalue weighted by Gasteiger charge is -2.25. The Balaban J connectivity index is 3.20. The molecule has 0 radical (unpaired) electrons. The largest absolute Gasteiger partial charge is 0.396 e. The molecule has 0 aliphatic carbocycles. The summed E-state index contributed by atoms with van der Waals surface area (Å²) in [7, 11) is 1.96. The summed E-state index contributed by atoms with van der Waals surface area (Å²) in [6.45, 7) is 9.10. The van der Waals surface area contributed by atoms with Crippen LogP contribution in [0.4, 0.5) is 0 Å². The van der Waals surface area contributed by atoms with Gasteiger partial charge in [-0.15, -0.1) is 0 Å². The van der Waals surface area contributed by atoms with E-state index in [4.69, 9.17) is 0 Å². The minimum Gasteiger partial charge on any atom is -0.396 e. The van der Waals surface area contributed by atoms with Crippen molar-refractivity contribution in [1.82, 2.24) is 5.32 Å². The first kappa shape index (κ1) is 15.2. The molecular weight excluding hydrogens is 222 g/mol. The molecule has 0 fully saturated rings. The summed E-state index contributed by atoms with van der Waals surface area (Å²) in [6, 6.07) is 7.01. The van der Waals surface area contributed by atoms with Gasteiger partial charge >= 0.3 is 0 Å². The second-order valence-corrected chi connectivity index (χ2v) is 5.87. The van der Waals surface area contributed by atoms with E-state index in [1.54, 1.807) is 0 Å². The third-order valence-corrected chi connectivity index (χ3v) is 3.53. The predicted octanol–water partition coefficient (Wildman–Crippen LogP) is 3.19. The van der Waals surface area contributed by atoms with Crippen LogP contribution in [0.1, 0.15) is 56.8 Å². The molecule has 0 bridgehead atoms. The average molecular weight is 249 g/mol. The van der Waals surface area contributed by atoms with Crippen LogP contribution in [0.3, 0.4) is 0 Å². The molecule has 0 aliphatic rings. The highest BCUT2D eigenvalue weighted by Crippen LogP contribution is 2.29. The van der Waals surface area contributed by atoms with Crippen molar-refractivity contribution in [2.75, 3.05) is 13.7 Å². The van der Waals surface area contributed by atoms with Crippen LogP contribution in [0.15, 0.2) is 18.2 Å². The number of rotatable bonds is 5. The summed E-state index contributed by atoms with van der Waals surface area (Å²) in [6.07, 6.45) is 1.79. The van der Waals surface area contributed by atoms with Crippen LogP contribution >= 0.6 is 0 Å². The fourth-order valence-electron chi connectivity index (χ4n) is 2.29. The summed E-state index contributed by atoms with van der Waals surface area (Å²) >= 11 is 0. The molecule has 0 amide bonds. The normalized spacial score (nSPS) is 13.7. The van der Waals surface area contributed by atoms with Crippen molar-refractivity contribution in [2.45, 2.75) is 52.0 Å². The third-order valence-electron chi connectivity index (χ3n) is 3.53. The Labute approximate surface area is 111 Å². The van der Waals surface area contributed by atoms with Gasteiger partial charge in [-0.2, -0.15) is 0 Å². The second kappa shape index (κ2) is 6.35. The van der Waals surface area contributed by atoms with Gasteiger partial charge in [0, 0.05) is 12.6 Å². The lowest BCUT2D eigenvalue weighted by molar-refractivity contribution is 0.268. The van der Waals surface area contributed by atoms with Crippen molar-refractivity contribution in [3.63, 3.8) is 0 Å². The zero-order chi connectivity index (χ0) is 13.8. The number of aliphatic hydroxyl groups excluding tert-OH is 1. The SMILES string of the molecule is CCc1ccc(C(C)(C)C)cc1C(CCO)NC. The highest BCUT2D eigenvalue weighted by Gasteiger charge is 2.18. The van der Waals surface area contributed by atoms with E-state index in [2.05, 4.69) is 51.2 Å². The molecule has 18 heavy (non-hydrogen) atoms. The van der Waals surface area contributed by atoms with Crippen LogP contribution in [0.5, 0.6) is 0 Å². The number of hydrogen-bond donors (Lipinski definition) is 2. The molecule has 0 aliphatic heterocycles. The Morgan fingerprint density at radius 3 is 2.39 bits per heavy atom. The molecule has 1 aromatic carbocycles. The van der Waals surface area contributed by atoms with Crippen LogP contribution < -0.4 is 5.32 Å². The summed E-state index contributed by atoms with van der Waals surface area (Å²) in [5.41, 5.74) is 4.23. The molecule has 0 aromatic heterocycles. The van der Waals surface area contributed by atoms with Crippen molar-refractivity contribution in [1.29, 1.82) is 0 Å². The first-order valence-corrected chi connectivity index (χ1v) is 6.85. The molecule has 0 saturated heterocycles. The van der Waals surface area contributed by atoms with E-state index in [0.717, 1.165) is 12.8 Å².